The third-order valence-corrected chi connectivity index (χ3v) is 4.09. The van der Waals surface area contributed by atoms with Gasteiger partial charge in [0.25, 0.3) is 0 Å². The molecule has 1 aliphatic carbocycles. The largest absolute Gasteiger partial charge is 0.296 e. The van der Waals surface area contributed by atoms with E-state index in [4.69, 9.17) is 0 Å². The molecule has 0 radical (unpaired) electrons. The molecule has 1 heterocycles. The van der Waals surface area contributed by atoms with Gasteiger partial charge < -0.3 is 0 Å². The van der Waals surface area contributed by atoms with Gasteiger partial charge in [0.15, 0.2) is 6.29 Å². The fraction of sp³-hybridized carbons (Fsp3) is 0.667. The van der Waals surface area contributed by atoms with Crippen LogP contribution >= 0.6 is 0 Å². The van der Waals surface area contributed by atoms with Crippen molar-refractivity contribution in [3.8, 4) is 0 Å². The monoisotopic (exact) mass is 246 g/mol. The van der Waals surface area contributed by atoms with Crippen LogP contribution in [0.15, 0.2) is 6.07 Å². The number of carbonyl (C=O) groups is 1. The lowest BCUT2D eigenvalue weighted by Crippen LogP contribution is -2.19. The highest BCUT2D eigenvalue weighted by atomic mass is 16.1. The molecule has 1 fully saturated rings. The zero-order valence-electron chi connectivity index (χ0n) is 11.5. The van der Waals surface area contributed by atoms with E-state index in [0.717, 1.165) is 42.5 Å². The normalized spacial score (nSPS) is 24.2. The predicted octanol–water partition coefficient (Wildman–Crippen LogP) is 3.53. The summed E-state index contributed by atoms with van der Waals surface area (Å²) >= 11 is 0. The summed E-state index contributed by atoms with van der Waals surface area (Å²) in [6.45, 7) is 6.54. The van der Waals surface area contributed by atoms with Crippen LogP contribution in [0.2, 0.25) is 0 Å². The highest BCUT2D eigenvalue weighted by molar-refractivity contribution is 5.71. The fourth-order valence-corrected chi connectivity index (χ4v) is 2.90. The molecule has 0 spiro atoms. The minimum absolute atomic E-state index is 0.443. The lowest BCUT2D eigenvalue weighted by molar-refractivity contribution is 0.111. The third kappa shape index (κ3) is 2.95. The number of aryl methyl sites for hydroxylation is 1. The summed E-state index contributed by atoms with van der Waals surface area (Å²) in [6, 6.07) is 1.75. The Kier molecular flexibility index (Phi) is 4.10. The molecule has 0 unspecified atom stereocenters. The molecule has 2 rings (SSSR count). The van der Waals surface area contributed by atoms with E-state index in [0.29, 0.717) is 11.6 Å². The molecule has 0 bridgehead atoms. The molecule has 0 aromatic carbocycles. The quantitative estimate of drug-likeness (QED) is 0.766. The highest BCUT2D eigenvalue weighted by Crippen LogP contribution is 2.37. The lowest BCUT2D eigenvalue weighted by atomic mass is 9.76. The van der Waals surface area contributed by atoms with E-state index in [9.17, 15) is 4.79 Å². The Morgan fingerprint density at radius 3 is 2.44 bits per heavy atom. The van der Waals surface area contributed by atoms with Gasteiger partial charge in [-0.3, -0.25) is 4.79 Å². The average Bonchev–Trinajstić information content (AvgIpc) is 2.38. The molecule has 1 saturated carbocycles. The van der Waals surface area contributed by atoms with Crippen LogP contribution in [-0.2, 0) is 0 Å². The Bertz CT molecular complexity index is 421. The first-order chi connectivity index (χ1) is 8.60. The standard InChI is InChI=1S/C15H22N2O/c1-10(2)12-4-6-13(7-5-12)15-16-11(3)8-14(9-18)17-15/h8-10,12-13H,4-7H2,1-3H3. The third-order valence-electron chi connectivity index (χ3n) is 4.09. The van der Waals surface area contributed by atoms with Gasteiger partial charge in [0.1, 0.15) is 11.5 Å². The Labute approximate surface area is 109 Å². The van der Waals surface area contributed by atoms with E-state index in [1.165, 1.54) is 12.8 Å². The van der Waals surface area contributed by atoms with Crippen molar-refractivity contribution >= 4 is 6.29 Å². The van der Waals surface area contributed by atoms with Crippen LogP contribution in [-0.4, -0.2) is 16.3 Å². The molecule has 3 heteroatoms. The van der Waals surface area contributed by atoms with Gasteiger partial charge in [-0.1, -0.05) is 13.8 Å². The lowest BCUT2D eigenvalue weighted by Gasteiger charge is -2.30. The van der Waals surface area contributed by atoms with Gasteiger partial charge in [0.05, 0.1) is 0 Å². The van der Waals surface area contributed by atoms with Crippen molar-refractivity contribution in [2.24, 2.45) is 11.8 Å². The number of aromatic nitrogens is 2. The maximum Gasteiger partial charge on any atom is 0.168 e. The van der Waals surface area contributed by atoms with Gasteiger partial charge in [-0.15, -0.1) is 0 Å². The second-order valence-electron chi connectivity index (χ2n) is 5.77. The number of nitrogens with zero attached hydrogens (tertiary/aromatic N) is 2. The van der Waals surface area contributed by atoms with Crippen LogP contribution in [0.1, 0.15) is 67.5 Å². The molecule has 0 N–H and O–H groups in total. The van der Waals surface area contributed by atoms with Gasteiger partial charge >= 0.3 is 0 Å². The topological polar surface area (TPSA) is 42.9 Å². The molecule has 1 aromatic rings. The molecule has 98 valence electrons. The van der Waals surface area contributed by atoms with Crippen LogP contribution in [0, 0.1) is 18.8 Å². The Morgan fingerprint density at radius 1 is 1.22 bits per heavy atom. The van der Waals surface area contributed by atoms with Gasteiger partial charge in [-0.25, -0.2) is 9.97 Å². The second-order valence-corrected chi connectivity index (χ2v) is 5.77. The summed E-state index contributed by atoms with van der Waals surface area (Å²) in [5, 5.41) is 0. The molecule has 0 amide bonds. The summed E-state index contributed by atoms with van der Waals surface area (Å²) in [5.41, 5.74) is 1.41. The molecular formula is C15H22N2O. The van der Waals surface area contributed by atoms with E-state index in [2.05, 4.69) is 23.8 Å². The SMILES string of the molecule is Cc1cc(C=O)nc(C2CCC(C(C)C)CC2)n1. The molecule has 0 saturated heterocycles. The van der Waals surface area contributed by atoms with Gasteiger partial charge in [0, 0.05) is 11.6 Å². The summed E-state index contributed by atoms with van der Waals surface area (Å²) in [5.74, 6) is 2.93. The molecule has 1 aliphatic rings. The van der Waals surface area contributed by atoms with Crippen molar-refractivity contribution in [2.75, 3.05) is 0 Å². The number of hydrogen-bond acceptors (Lipinski definition) is 3. The summed E-state index contributed by atoms with van der Waals surface area (Å²) < 4.78 is 0. The molecule has 3 nitrogen and oxygen atoms in total. The number of rotatable bonds is 3. The molecule has 0 atom stereocenters. The van der Waals surface area contributed by atoms with Gasteiger partial charge in [-0.2, -0.15) is 0 Å². The van der Waals surface area contributed by atoms with Gasteiger partial charge in [-0.05, 0) is 50.5 Å². The van der Waals surface area contributed by atoms with Crippen LogP contribution in [0.3, 0.4) is 0 Å². The number of carbonyl (C=O) groups excluding carboxylic acids is 1. The van der Waals surface area contributed by atoms with Crippen LogP contribution in [0.5, 0.6) is 0 Å². The highest BCUT2D eigenvalue weighted by Gasteiger charge is 2.26. The minimum Gasteiger partial charge on any atom is -0.296 e. The van der Waals surface area contributed by atoms with Crippen LogP contribution < -0.4 is 0 Å². The second kappa shape index (κ2) is 5.59. The van der Waals surface area contributed by atoms with E-state index in [-0.39, 0.29) is 0 Å². The number of aldehydes is 1. The zero-order valence-corrected chi connectivity index (χ0v) is 11.5. The molecule has 18 heavy (non-hydrogen) atoms. The predicted molar refractivity (Wildman–Crippen MR) is 71.7 cm³/mol. The Morgan fingerprint density at radius 2 is 1.89 bits per heavy atom. The summed E-state index contributed by atoms with van der Waals surface area (Å²) in [7, 11) is 0. The van der Waals surface area contributed by atoms with E-state index in [1.807, 2.05) is 6.92 Å². The van der Waals surface area contributed by atoms with Crippen molar-refractivity contribution in [2.45, 2.75) is 52.4 Å². The Hall–Kier alpha value is -1.25. The van der Waals surface area contributed by atoms with Crippen molar-refractivity contribution in [3.63, 3.8) is 0 Å². The summed E-state index contributed by atoms with van der Waals surface area (Å²) in [6.07, 6.45) is 5.65. The minimum atomic E-state index is 0.443. The molecule has 1 aromatic heterocycles. The maximum absolute atomic E-state index is 10.8. The van der Waals surface area contributed by atoms with Crippen molar-refractivity contribution in [3.05, 3.63) is 23.3 Å². The smallest absolute Gasteiger partial charge is 0.168 e. The zero-order chi connectivity index (χ0) is 13.1. The van der Waals surface area contributed by atoms with Crippen molar-refractivity contribution in [1.29, 1.82) is 0 Å². The van der Waals surface area contributed by atoms with Crippen LogP contribution in [0.25, 0.3) is 0 Å². The van der Waals surface area contributed by atoms with E-state index in [1.54, 1.807) is 6.07 Å². The maximum atomic E-state index is 10.8. The first kappa shape index (κ1) is 13.2. The first-order valence-corrected chi connectivity index (χ1v) is 6.91. The fourth-order valence-electron chi connectivity index (χ4n) is 2.90. The number of hydrogen-bond donors (Lipinski definition) is 0. The van der Waals surface area contributed by atoms with E-state index >= 15 is 0 Å². The van der Waals surface area contributed by atoms with E-state index < -0.39 is 0 Å². The van der Waals surface area contributed by atoms with Crippen molar-refractivity contribution < 1.29 is 4.79 Å². The van der Waals surface area contributed by atoms with Gasteiger partial charge in [0.2, 0.25) is 0 Å². The Balaban J connectivity index is 2.09. The van der Waals surface area contributed by atoms with Crippen molar-refractivity contribution in [1.82, 2.24) is 9.97 Å². The molecule has 0 aliphatic heterocycles. The molecular weight excluding hydrogens is 224 g/mol. The van der Waals surface area contributed by atoms with Crippen LogP contribution in [0.4, 0.5) is 0 Å². The summed E-state index contributed by atoms with van der Waals surface area (Å²) in [4.78, 5) is 19.7. The average molecular weight is 246 g/mol. The first-order valence-electron chi connectivity index (χ1n) is 6.91.